The molecule has 0 amide bonds. The van der Waals surface area contributed by atoms with Crippen molar-refractivity contribution in [1.29, 1.82) is 0 Å². The lowest BCUT2D eigenvalue weighted by molar-refractivity contribution is -0.137. The van der Waals surface area contributed by atoms with Crippen LogP contribution in [0.5, 0.6) is 17.4 Å². The highest BCUT2D eigenvalue weighted by molar-refractivity contribution is 6.18. The third-order valence-corrected chi connectivity index (χ3v) is 5.44. The monoisotopic (exact) mass is 466 g/mol. The van der Waals surface area contributed by atoms with E-state index in [9.17, 15) is 23.4 Å². The van der Waals surface area contributed by atoms with Gasteiger partial charge < -0.3 is 14.9 Å². The Hall–Kier alpha value is -4.20. The Balaban J connectivity index is 1.98. The van der Waals surface area contributed by atoms with Gasteiger partial charge in [-0.3, -0.25) is 9.56 Å². The van der Waals surface area contributed by atoms with Crippen LogP contribution in [-0.2, 0) is 6.18 Å². The molecule has 0 bridgehead atoms. The van der Waals surface area contributed by atoms with Gasteiger partial charge in [0.25, 0.3) is 0 Å². The number of nitrogens with zero attached hydrogens (tertiary/aromatic N) is 2. The molecule has 5 nitrogen and oxygen atoms in total. The third-order valence-electron chi connectivity index (χ3n) is 5.44. The fourth-order valence-corrected chi connectivity index (χ4v) is 3.83. The van der Waals surface area contributed by atoms with Crippen molar-refractivity contribution in [3.63, 3.8) is 0 Å². The summed E-state index contributed by atoms with van der Waals surface area (Å²) in [6.45, 7) is 0. The quantitative estimate of drug-likeness (QED) is 0.352. The van der Waals surface area contributed by atoms with Gasteiger partial charge in [-0.25, -0.2) is 0 Å². The summed E-state index contributed by atoms with van der Waals surface area (Å²) in [5, 5.41) is 21.9. The van der Waals surface area contributed by atoms with E-state index in [0.29, 0.717) is 28.3 Å². The van der Waals surface area contributed by atoms with E-state index in [2.05, 4.69) is 4.99 Å². The molecule has 4 aromatic rings. The summed E-state index contributed by atoms with van der Waals surface area (Å²) in [6.07, 6.45) is -4.50. The fourth-order valence-electron chi connectivity index (χ4n) is 3.83. The lowest BCUT2D eigenvalue weighted by Crippen LogP contribution is -2.07. The maximum absolute atomic E-state index is 13.1. The Kier molecular flexibility index (Phi) is 6.06. The van der Waals surface area contributed by atoms with Crippen LogP contribution < -0.4 is 4.74 Å². The Morgan fingerprint density at radius 2 is 1.50 bits per heavy atom. The van der Waals surface area contributed by atoms with Crippen LogP contribution in [0.1, 0.15) is 16.7 Å². The van der Waals surface area contributed by atoms with Crippen molar-refractivity contribution in [2.75, 3.05) is 14.2 Å². The van der Waals surface area contributed by atoms with Gasteiger partial charge in [-0.1, -0.05) is 30.3 Å². The maximum Gasteiger partial charge on any atom is 0.416 e. The van der Waals surface area contributed by atoms with Crippen LogP contribution in [0, 0.1) is 0 Å². The summed E-state index contributed by atoms with van der Waals surface area (Å²) in [7, 11) is 3.10. The normalized spacial score (nSPS) is 12.1. The molecular formula is C26H21F3N2O3. The van der Waals surface area contributed by atoms with Crippen LogP contribution >= 0.6 is 0 Å². The second kappa shape index (κ2) is 8.97. The van der Waals surface area contributed by atoms with Crippen LogP contribution in [0.15, 0.2) is 83.9 Å². The van der Waals surface area contributed by atoms with Gasteiger partial charge in [0.1, 0.15) is 5.75 Å². The zero-order chi connectivity index (χ0) is 24.5. The number of benzene rings is 3. The molecule has 0 spiro atoms. The predicted octanol–water partition coefficient (Wildman–Crippen LogP) is 6.05. The molecule has 0 saturated carbocycles. The van der Waals surface area contributed by atoms with Gasteiger partial charge in [0.2, 0.25) is 5.88 Å². The molecule has 174 valence electrons. The average molecular weight is 466 g/mol. The Morgan fingerprint density at radius 3 is 2.03 bits per heavy atom. The first-order chi connectivity index (χ1) is 16.3. The first-order valence-electron chi connectivity index (χ1n) is 10.3. The predicted molar refractivity (Wildman–Crippen MR) is 124 cm³/mol. The van der Waals surface area contributed by atoms with E-state index in [1.54, 1.807) is 62.7 Å². The van der Waals surface area contributed by atoms with Gasteiger partial charge in [-0.15, -0.1) is 0 Å². The molecule has 0 saturated heterocycles. The molecule has 0 atom stereocenters. The lowest BCUT2D eigenvalue weighted by atomic mass is 9.98. The number of hydrogen-bond acceptors (Lipinski definition) is 4. The number of aliphatic imine (C=N–C) groups is 1. The van der Waals surface area contributed by atoms with Gasteiger partial charge in [-0.2, -0.15) is 13.2 Å². The number of aromatic nitrogens is 1. The molecule has 0 radical (unpaired) electrons. The van der Waals surface area contributed by atoms with Crippen molar-refractivity contribution in [2.45, 2.75) is 6.18 Å². The minimum atomic E-state index is -4.50. The van der Waals surface area contributed by atoms with Gasteiger partial charge in [-0.05, 0) is 54.1 Å². The molecule has 0 unspecified atom stereocenters. The fraction of sp³-hybridized carbons (Fsp3) is 0.115. The second-order valence-electron chi connectivity index (χ2n) is 7.44. The Morgan fingerprint density at radius 1 is 0.882 bits per heavy atom. The van der Waals surface area contributed by atoms with Gasteiger partial charge in [0.05, 0.1) is 29.6 Å². The topological polar surface area (TPSA) is 67.0 Å². The second-order valence-corrected chi connectivity index (χ2v) is 7.44. The van der Waals surface area contributed by atoms with Gasteiger partial charge >= 0.3 is 6.18 Å². The van der Waals surface area contributed by atoms with E-state index in [1.165, 1.54) is 16.7 Å². The van der Waals surface area contributed by atoms with Crippen molar-refractivity contribution in [2.24, 2.45) is 4.99 Å². The number of ether oxygens (including phenoxy) is 1. The minimum Gasteiger partial charge on any atom is -0.503 e. The van der Waals surface area contributed by atoms with Crippen molar-refractivity contribution in [1.82, 2.24) is 4.57 Å². The van der Waals surface area contributed by atoms with E-state index in [-0.39, 0.29) is 11.3 Å². The number of rotatable bonds is 5. The van der Waals surface area contributed by atoms with Crippen molar-refractivity contribution in [3.05, 3.63) is 95.6 Å². The molecule has 1 heterocycles. The van der Waals surface area contributed by atoms with Crippen LogP contribution in [0.4, 0.5) is 13.2 Å². The molecule has 3 aromatic carbocycles. The standard InChI is InChI=1S/C26H21F3N2O3/c1-30-22(16-8-14-20(34-2)15-9-16)21-23(17-6-4-3-5-7-17)31(25(33)24(21)32)19-12-10-18(11-13-19)26(27,28)29/h3-15,32-33H,1-2H3. The molecule has 1 aromatic heterocycles. The highest BCUT2D eigenvalue weighted by atomic mass is 19.4. The summed E-state index contributed by atoms with van der Waals surface area (Å²) in [4.78, 5) is 4.37. The van der Waals surface area contributed by atoms with Crippen LogP contribution in [0.25, 0.3) is 16.9 Å². The number of halogens is 3. The number of hydrogen-bond donors (Lipinski definition) is 2. The summed E-state index contributed by atoms with van der Waals surface area (Å²) in [5.41, 5.74) is 1.73. The zero-order valence-corrected chi connectivity index (χ0v) is 18.3. The van der Waals surface area contributed by atoms with E-state index < -0.39 is 23.4 Å². The van der Waals surface area contributed by atoms with Crippen molar-refractivity contribution < 1.29 is 28.1 Å². The van der Waals surface area contributed by atoms with Crippen molar-refractivity contribution >= 4 is 5.71 Å². The summed E-state index contributed by atoms with van der Waals surface area (Å²) in [6, 6.07) is 20.3. The molecule has 0 aliphatic carbocycles. The van der Waals surface area contributed by atoms with Crippen molar-refractivity contribution in [3.8, 4) is 34.3 Å². The molecule has 8 heteroatoms. The molecule has 4 rings (SSSR count). The van der Waals surface area contributed by atoms with E-state index in [1.807, 2.05) is 6.07 Å². The zero-order valence-electron chi connectivity index (χ0n) is 18.3. The Bertz CT molecular complexity index is 1330. The van der Waals surface area contributed by atoms with E-state index in [4.69, 9.17) is 4.74 Å². The van der Waals surface area contributed by atoms with Crippen LogP contribution in [0.2, 0.25) is 0 Å². The molecular weight excluding hydrogens is 445 g/mol. The largest absolute Gasteiger partial charge is 0.503 e. The van der Waals surface area contributed by atoms with Gasteiger partial charge in [0.15, 0.2) is 5.75 Å². The smallest absolute Gasteiger partial charge is 0.416 e. The maximum atomic E-state index is 13.1. The van der Waals surface area contributed by atoms with Gasteiger partial charge in [0, 0.05) is 18.3 Å². The number of aromatic hydroxyl groups is 2. The minimum absolute atomic E-state index is 0.246. The SMILES string of the molecule is CN=C(c1ccc(OC)cc1)c1c(O)c(O)n(-c2ccc(C(F)(F)F)cc2)c1-c1ccccc1. The number of alkyl halides is 3. The highest BCUT2D eigenvalue weighted by Gasteiger charge is 2.31. The average Bonchev–Trinajstić information content (AvgIpc) is 3.11. The molecule has 2 N–H and O–H groups in total. The first-order valence-corrected chi connectivity index (χ1v) is 10.3. The summed E-state index contributed by atoms with van der Waals surface area (Å²) in [5.74, 6) is -0.310. The van der Waals surface area contributed by atoms with Crippen LogP contribution in [0.3, 0.4) is 0 Å². The lowest BCUT2D eigenvalue weighted by Gasteiger charge is -2.14. The summed E-state index contributed by atoms with van der Waals surface area (Å²) >= 11 is 0. The first kappa shape index (κ1) is 23.0. The third kappa shape index (κ3) is 4.10. The van der Waals surface area contributed by atoms with E-state index >= 15 is 0 Å². The van der Waals surface area contributed by atoms with Crippen LogP contribution in [-0.4, -0.2) is 34.6 Å². The molecule has 0 fully saturated rings. The van der Waals surface area contributed by atoms with E-state index in [0.717, 1.165) is 12.1 Å². The number of methoxy groups -OCH3 is 1. The molecule has 34 heavy (non-hydrogen) atoms. The molecule has 0 aliphatic heterocycles. The Labute approximate surface area is 194 Å². The highest BCUT2D eigenvalue weighted by Crippen LogP contribution is 2.44. The molecule has 0 aliphatic rings. The summed E-state index contributed by atoms with van der Waals surface area (Å²) < 4.78 is 45.8.